The van der Waals surface area contributed by atoms with E-state index >= 15 is 0 Å². The number of pyridine rings is 1. The number of nitrogens with zero attached hydrogens (tertiary/aromatic N) is 1. The van der Waals surface area contributed by atoms with E-state index in [2.05, 4.69) is 4.98 Å². The van der Waals surface area contributed by atoms with Crippen LogP contribution in [0.5, 0.6) is 5.75 Å². The summed E-state index contributed by atoms with van der Waals surface area (Å²) in [6.07, 6.45) is -1.08. The quantitative estimate of drug-likeness (QED) is 0.872. The summed E-state index contributed by atoms with van der Waals surface area (Å²) >= 11 is 0. The fourth-order valence-corrected chi connectivity index (χ4v) is 3.08. The fraction of sp³-hybridized carbons (Fsp3) is 0.333. The van der Waals surface area contributed by atoms with Crippen molar-refractivity contribution in [3.05, 3.63) is 41.6 Å². The van der Waals surface area contributed by atoms with Gasteiger partial charge >= 0.3 is 12.1 Å². The monoisotopic (exact) mass is 351 g/mol. The number of rotatable bonds is 3. The molecule has 1 aliphatic rings. The number of methoxy groups -OCH3 is 1. The van der Waals surface area contributed by atoms with E-state index in [1.165, 1.54) is 19.4 Å². The molecular formula is C18H16F3NO3. The van der Waals surface area contributed by atoms with Crippen LogP contribution in [0.2, 0.25) is 0 Å². The summed E-state index contributed by atoms with van der Waals surface area (Å²) in [5.41, 5.74) is 2.07. The van der Waals surface area contributed by atoms with Gasteiger partial charge in [0.05, 0.1) is 24.1 Å². The minimum absolute atomic E-state index is 0.0290. The van der Waals surface area contributed by atoms with Gasteiger partial charge < -0.3 is 9.84 Å². The maximum atomic E-state index is 12.8. The van der Waals surface area contributed by atoms with Crippen molar-refractivity contribution in [1.82, 2.24) is 4.98 Å². The summed E-state index contributed by atoms with van der Waals surface area (Å²) in [4.78, 5) is 15.3. The van der Waals surface area contributed by atoms with Crippen LogP contribution < -0.4 is 4.74 Å². The molecule has 2 aromatic rings. The zero-order chi connectivity index (χ0) is 18.2. The van der Waals surface area contributed by atoms with Gasteiger partial charge in [0.2, 0.25) is 0 Å². The normalized spacial score (nSPS) is 18.1. The van der Waals surface area contributed by atoms with Gasteiger partial charge in [-0.15, -0.1) is 0 Å². The molecular weight excluding hydrogens is 335 g/mol. The number of halogens is 3. The van der Waals surface area contributed by atoms with Gasteiger partial charge in [-0.25, -0.2) is 4.79 Å². The molecule has 25 heavy (non-hydrogen) atoms. The Bertz CT molecular complexity index is 859. The molecule has 7 heteroatoms. The second kappa shape index (κ2) is 6.38. The molecule has 0 unspecified atom stereocenters. The Hall–Kier alpha value is -2.57. The predicted molar refractivity (Wildman–Crippen MR) is 86.6 cm³/mol. The van der Waals surface area contributed by atoms with Crippen LogP contribution in [-0.4, -0.2) is 29.3 Å². The summed E-state index contributed by atoms with van der Waals surface area (Å²) in [6, 6.07) is 4.88. The van der Waals surface area contributed by atoms with Crippen molar-refractivity contribution in [2.75, 3.05) is 7.11 Å². The number of carboxylic acids is 1. The zero-order valence-corrected chi connectivity index (χ0v) is 13.4. The molecule has 0 bridgehead atoms. The summed E-state index contributed by atoms with van der Waals surface area (Å²) in [5.74, 6) is -1.91. The Kier molecular flexibility index (Phi) is 4.41. The SMILES string of the molecule is COc1cc(C2=CC[C@@H](C(F)(F)F)CC2)c2ncc(C(=O)O)cc2c1. The molecule has 1 aromatic heterocycles. The van der Waals surface area contributed by atoms with Crippen LogP contribution in [0, 0.1) is 5.92 Å². The largest absolute Gasteiger partial charge is 0.497 e. The third-order valence-electron chi connectivity index (χ3n) is 4.46. The molecule has 3 rings (SSSR count). The lowest BCUT2D eigenvalue weighted by Crippen LogP contribution is -2.24. The third kappa shape index (κ3) is 3.45. The van der Waals surface area contributed by atoms with Crippen molar-refractivity contribution >= 4 is 22.4 Å². The molecule has 0 fully saturated rings. The molecule has 1 aliphatic carbocycles. The van der Waals surface area contributed by atoms with E-state index in [1.54, 1.807) is 18.2 Å². The molecule has 132 valence electrons. The number of aromatic nitrogens is 1. The highest BCUT2D eigenvalue weighted by atomic mass is 19.4. The van der Waals surface area contributed by atoms with E-state index in [0.29, 0.717) is 22.2 Å². The number of ether oxygens (including phenoxy) is 1. The predicted octanol–water partition coefficient (Wildman–Crippen LogP) is 4.69. The molecule has 1 atom stereocenters. The fourth-order valence-electron chi connectivity index (χ4n) is 3.08. The van der Waals surface area contributed by atoms with Crippen LogP contribution in [0.1, 0.15) is 35.2 Å². The Morgan fingerprint density at radius 1 is 1.32 bits per heavy atom. The third-order valence-corrected chi connectivity index (χ3v) is 4.46. The van der Waals surface area contributed by atoms with Crippen molar-refractivity contribution < 1.29 is 27.8 Å². The highest BCUT2D eigenvalue weighted by Gasteiger charge is 2.39. The standard InChI is InChI=1S/C18H16F3NO3/c1-25-14-7-11-6-12(17(23)24)9-22-16(11)15(8-14)10-2-4-13(5-3-10)18(19,20)21/h2,6-9,13H,3-5H2,1H3,(H,23,24)/t13-/m1/s1. The molecule has 0 saturated heterocycles. The van der Waals surface area contributed by atoms with Crippen molar-refractivity contribution in [1.29, 1.82) is 0 Å². The number of allylic oxidation sites excluding steroid dienone is 2. The van der Waals surface area contributed by atoms with Crippen molar-refractivity contribution in [2.24, 2.45) is 5.92 Å². The average molecular weight is 351 g/mol. The molecule has 0 saturated carbocycles. The first-order valence-electron chi connectivity index (χ1n) is 7.77. The number of hydrogen-bond donors (Lipinski definition) is 1. The van der Waals surface area contributed by atoms with Crippen LogP contribution in [0.15, 0.2) is 30.5 Å². The maximum absolute atomic E-state index is 12.8. The van der Waals surface area contributed by atoms with Gasteiger partial charge in [-0.3, -0.25) is 4.98 Å². The van der Waals surface area contributed by atoms with E-state index in [4.69, 9.17) is 9.84 Å². The number of aromatic carboxylic acids is 1. The van der Waals surface area contributed by atoms with Crippen LogP contribution in [-0.2, 0) is 0 Å². The topological polar surface area (TPSA) is 59.4 Å². The van der Waals surface area contributed by atoms with Crippen LogP contribution >= 0.6 is 0 Å². The van der Waals surface area contributed by atoms with Gasteiger partial charge in [0.1, 0.15) is 5.75 Å². The number of carboxylic acid groups (broad SMARTS) is 1. The molecule has 4 nitrogen and oxygen atoms in total. The molecule has 0 amide bonds. The van der Waals surface area contributed by atoms with Crippen LogP contribution in [0.4, 0.5) is 13.2 Å². The summed E-state index contributed by atoms with van der Waals surface area (Å²) < 4.78 is 43.8. The number of benzene rings is 1. The smallest absolute Gasteiger partial charge is 0.392 e. The molecule has 1 aromatic carbocycles. The average Bonchev–Trinajstić information content (AvgIpc) is 2.59. The van der Waals surface area contributed by atoms with E-state index in [-0.39, 0.29) is 24.8 Å². The lowest BCUT2D eigenvalue weighted by molar-refractivity contribution is -0.175. The highest BCUT2D eigenvalue weighted by molar-refractivity contribution is 5.97. The van der Waals surface area contributed by atoms with E-state index < -0.39 is 18.1 Å². The van der Waals surface area contributed by atoms with Gasteiger partial charge in [-0.1, -0.05) is 6.08 Å². The maximum Gasteiger partial charge on any atom is 0.392 e. The highest BCUT2D eigenvalue weighted by Crippen LogP contribution is 2.41. The van der Waals surface area contributed by atoms with E-state index in [0.717, 1.165) is 5.57 Å². The second-order valence-corrected chi connectivity index (χ2v) is 6.02. The van der Waals surface area contributed by atoms with Gasteiger partial charge in [0.15, 0.2) is 0 Å². The Labute approximate surface area is 141 Å². The summed E-state index contributed by atoms with van der Waals surface area (Å²) in [5, 5.41) is 9.68. The lowest BCUT2D eigenvalue weighted by atomic mass is 9.85. The molecule has 1 N–H and O–H groups in total. The van der Waals surface area contributed by atoms with Crippen molar-refractivity contribution in [3.8, 4) is 5.75 Å². The first kappa shape index (κ1) is 17.3. The van der Waals surface area contributed by atoms with Crippen LogP contribution in [0.25, 0.3) is 16.5 Å². The van der Waals surface area contributed by atoms with Crippen LogP contribution in [0.3, 0.4) is 0 Å². The van der Waals surface area contributed by atoms with Gasteiger partial charge in [-0.05, 0) is 43.0 Å². The van der Waals surface area contributed by atoms with Gasteiger partial charge in [0.25, 0.3) is 0 Å². The first-order valence-corrected chi connectivity index (χ1v) is 7.77. The number of carbonyl (C=O) groups is 1. The Morgan fingerprint density at radius 3 is 2.64 bits per heavy atom. The van der Waals surface area contributed by atoms with Crippen molar-refractivity contribution in [3.63, 3.8) is 0 Å². The number of fused-ring (bicyclic) bond motifs is 1. The lowest BCUT2D eigenvalue weighted by Gasteiger charge is -2.24. The minimum Gasteiger partial charge on any atom is -0.497 e. The number of alkyl halides is 3. The first-order chi connectivity index (χ1) is 11.8. The number of hydrogen-bond acceptors (Lipinski definition) is 3. The van der Waals surface area contributed by atoms with Gasteiger partial charge in [0, 0.05) is 17.1 Å². The van der Waals surface area contributed by atoms with E-state index in [9.17, 15) is 18.0 Å². The second-order valence-electron chi connectivity index (χ2n) is 6.02. The summed E-state index contributed by atoms with van der Waals surface area (Å²) in [7, 11) is 1.48. The minimum atomic E-state index is -4.19. The molecule has 1 heterocycles. The molecule has 0 radical (unpaired) electrons. The molecule has 0 spiro atoms. The van der Waals surface area contributed by atoms with Gasteiger partial charge in [-0.2, -0.15) is 13.2 Å². The Morgan fingerprint density at radius 2 is 2.08 bits per heavy atom. The summed E-state index contributed by atoms with van der Waals surface area (Å²) in [6.45, 7) is 0. The zero-order valence-electron chi connectivity index (χ0n) is 13.4. The van der Waals surface area contributed by atoms with E-state index in [1.807, 2.05) is 0 Å². The van der Waals surface area contributed by atoms with Crippen molar-refractivity contribution in [2.45, 2.75) is 25.4 Å². The Balaban J connectivity index is 2.07. The molecule has 0 aliphatic heterocycles.